The Labute approximate surface area is 148 Å². The number of fused-ring (bicyclic) bond motifs is 2. The predicted octanol–water partition coefficient (Wildman–Crippen LogP) is 1.40. The van der Waals surface area contributed by atoms with Crippen LogP contribution in [0.3, 0.4) is 0 Å². The zero-order valence-corrected chi connectivity index (χ0v) is 15.7. The van der Waals surface area contributed by atoms with E-state index in [1.54, 1.807) is 6.92 Å². The van der Waals surface area contributed by atoms with Crippen molar-refractivity contribution in [2.45, 2.75) is 25.4 Å². The topological polar surface area (TPSA) is 80.3 Å². The van der Waals surface area contributed by atoms with Crippen molar-refractivity contribution in [3.63, 3.8) is 0 Å². The van der Waals surface area contributed by atoms with Crippen molar-refractivity contribution in [3.8, 4) is 0 Å². The summed E-state index contributed by atoms with van der Waals surface area (Å²) in [6.07, 6.45) is -0.238. The number of rotatable bonds is 4. The Bertz CT molecular complexity index is 591. The largest absolute Gasteiger partial charge is 0.469 e. The molecule has 3 atom stereocenters. The maximum Gasteiger partial charge on any atom is 0.312 e. The van der Waals surface area contributed by atoms with Gasteiger partial charge in [0.05, 0.1) is 31.7 Å². The minimum Gasteiger partial charge on any atom is -0.469 e. The zero-order valence-electron chi connectivity index (χ0n) is 14.1. The molecule has 0 aromatic rings. The Morgan fingerprint density at radius 3 is 2.29 bits per heavy atom. The van der Waals surface area contributed by atoms with Gasteiger partial charge in [0.25, 0.3) is 0 Å². The van der Waals surface area contributed by atoms with Crippen LogP contribution in [0.5, 0.6) is 0 Å². The smallest absolute Gasteiger partial charge is 0.312 e. The van der Waals surface area contributed by atoms with E-state index < -0.39 is 35.3 Å². The molecule has 4 rings (SSSR count). The lowest BCUT2D eigenvalue weighted by Gasteiger charge is -2.55. The number of ether oxygens (including phenoxy) is 5. The molecular weight excluding hydrogens is 384 g/mol. The third-order valence-electron chi connectivity index (χ3n) is 5.37. The highest BCUT2D eigenvalue weighted by atomic mass is 79.9. The number of carbonyl (C=O) groups is 2. The normalized spacial score (nSPS) is 35.6. The highest BCUT2D eigenvalue weighted by Gasteiger charge is 2.69. The lowest BCUT2D eigenvalue weighted by Crippen LogP contribution is -2.66. The first-order valence-corrected chi connectivity index (χ1v) is 8.52. The third-order valence-corrected chi connectivity index (χ3v) is 6.28. The molecule has 0 unspecified atom stereocenters. The van der Waals surface area contributed by atoms with E-state index >= 15 is 0 Å². The molecule has 1 heterocycles. The summed E-state index contributed by atoms with van der Waals surface area (Å²) in [5.41, 5.74) is -0.236. The second kappa shape index (κ2) is 6.17. The number of esters is 1. The van der Waals surface area contributed by atoms with Gasteiger partial charge >= 0.3 is 5.97 Å². The molecule has 134 valence electrons. The Morgan fingerprint density at radius 2 is 1.79 bits per heavy atom. The van der Waals surface area contributed by atoms with E-state index in [-0.39, 0.29) is 5.78 Å². The molecule has 2 fully saturated rings. The summed E-state index contributed by atoms with van der Waals surface area (Å²) in [5, 5.41) is 0. The van der Waals surface area contributed by atoms with Gasteiger partial charge in [-0.05, 0) is 13.3 Å². The maximum atomic E-state index is 13.2. The fourth-order valence-corrected chi connectivity index (χ4v) is 5.38. The lowest BCUT2D eigenvalue weighted by molar-refractivity contribution is -0.253. The number of methoxy groups -OCH3 is 3. The van der Waals surface area contributed by atoms with E-state index in [9.17, 15) is 9.59 Å². The SMILES string of the molecule is COC(=O)[C@@]1(C)C[C@H]2C(C3OCCO3)=C(Br)[C@H]1C(=O)C2(OC)OC. The van der Waals surface area contributed by atoms with E-state index in [4.69, 9.17) is 23.7 Å². The number of halogens is 1. The van der Waals surface area contributed by atoms with Gasteiger partial charge < -0.3 is 23.7 Å². The van der Waals surface area contributed by atoms with Gasteiger partial charge in [-0.3, -0.25) is 9.59 Å². The maximum absolute atomic E-state index is 13.2. The molecule has 2 bridgehead atoms. The van der Waals surface area contributed by atoms with E-state index in [2.05, 4.69) is 15.9 Å². The van der Waals surface area contributed by atoms with Crippen LogP contribution in [0.2, 0.25) is 0 Å². The lowest BCUT2D eigenvalue weighted by atomic mass is 9.54. The molecule has 1 saturated carbocycles. The number of hydrogen-bond acceptors (Lipinski definition) is 7. The number of allylic oxidation sites excluding steroid dienone is 1. The Balaban J connectivity index is 2.17. The van der Waals surface area contributed by atoms with Crippen LogP contribution in [-0.4, -0.2) is 58.4 Å². The van der Waals surface area contributed by atoms with Gasteiger partial charge in [0.15, 0.2) is 6.29 Å². The van der Waals surface area contributed by atoms with E-state index in [0.717, 1.165) is 5.57 Å². The van der Waals surface area contributed by atoms with Gasteiger partial charge in [-0.1, -0.05) is 15.9 Å². The highest BCUT2D eigenvalue weighted by Crippen LogP contribution is 2.60. The summed E-state index contributed by atoms with van der Waals surface area (Å²) in [5.74, 6) is -3.49. The van der Waals surface area contributed by atoms with Gasteiger partial charge in [-0.25, -0.2) is 0 Å². The predicted molar refractivity (Wildman–Crippen MR) is 85.1 cm³/mol. The highest BCUT2D eigenvalue weighted by molar-refractivity contribution is 9.11. The minimum absolute atomic E-state index is 0.301. The summed E-state index contributed by atoms with van der Waals surface area (Å²) in [7, 11) is 4.18. The first-order chi connectivity index (χ1) is 11.4. The molecule has 0 amide bonds. The van der Waals surface area contributed by atoms with E-state index in [0.29, 0.717) is 24.1 Å². The van der Waals surface area contributed by atoms with Gasteiger partial charge in [0.2, 0.25) is 11.6 Å². The van der Waals surface area contributed by atoms with Crippen LogP contribution in [0.4, 0.5) is 0 Å². The Morgan fingerprint density at radius 1 is 1.21 bits per heavy atom. The fraction of sp³-hybridized carbons (Fsp3) is 0.750. The molecular formula is C16H21BrO7. The average molecular weight is 405 g/mol. The quantitative estimate of drug-likeness (QED) is 0.517. The summed E-state index contributed by atoms with van der Waals surface area (Å²) in [6, 6.07) is 0. The van der Waals surface area contributed by atoms with Crippen LogP contribution in [0.25, 0.3) is 0 Å². The first-order valence-electron chi connectivity index (χ1n) is 7.73. The van der Waals surface area contributed by atoms with Crippen molar-refractivity contribution in [2.24, 2.45) is 17.3 Å². The molecule has 0 N–H and O–H groups in total. The molecule has 1 aliphatic heterocycles. The minimum atomic E-state index is -1.46. The number of hydrogen-bond donors (Lipinski definition) is 0. The van der Waals surface area contributed by atoms with E-state index in [1.165, 1.54) is 21.3 Å². The van der Waals surface area contributed by atoms with Crippen molar-refractivity contribution < 1.29 is 33.3 Å². The summed E-state index contributed by atoms with van der Waals surface area (Å²) < 4.78 is 27.9. The van der Waals surface area contributed by atoms with Crippen LogP contribution < -0.4 is 0 Å². The van der Waals surface area contributed by atoms with E-state index in [1.807, 2.05) is 0 Å². The molecule has 0 aromatic heterocycles. The zero-order chi connectivity index (χ0) is 17.7. The van der Waals surface area contributed by atoms with Crippen molar-refractivity contribution >= 4 is 27.7 Å². The molecule has 7 nitrogen and oxygen atoms in total. The molecule has 0 aromatic carbocycles. The van der Waals surface area contributed by atoms with Gasteiger partial charge in [0.1, 0.15) is 0 Å². The van der Waals surface area contributed by atoms with Crippen molar-refractivity contribution in [1.29, 1.82) is 0 Å². The Hall–Kier alpha value is -0.800. The molecule has 24 heavy (non-hydrogen) atoms. The van der Waals surface area contributed by atoms with Crippen LogP contribution in [0, 0.1) is 17.3 Å². The van der Waals surface area contributed by atoms with Gasteiger partial charge in [-0.15, -0.1) is 0 Å². The fourth-order valence-electron chi connectivity index (χ4n) is 4.20. The molecule has 4 aliphatic rings. The summed E-state index contributed by atoms with van der Waals surface area (Å²) in [4.78, 5) is 25.6. The second-order valence-corrected chi connectivity index (χ2v) is 7.27. The van der Waals surface area contributed by atoms with Gasteiger partial charge in [0, 0.05) is 30.2 Å². The Kier molecular flexibility index (Phi) is 4.63. The van der Waals surface area contributed by atoms with Crippen molar-refractivity contribution in [3.05, 3.63) is 10.1 Å². The van der Waals surface area contributed by atoms with Crippen LogP contribution >= 0.6 is 15.9 Å². The molecule has 8 heteroatoms. The third kappa shape index (κ3) is 2.17. The standard InChI is InChI=1S/C16H21BrO7/c1-15(14(19)20-2)7-8-9(13-23-5-6-24-13)11(17)10(15)12(18)16(8,21-3)22-4/h8,10,13H,5-7H2,1-4H3/t8-,10-,15-/m0/s1. The molecule has 1 saturated heterocycles. The van der Waals surface area contributed by atoms with Crippen LogP contribution in [0.15, 0.2) is 10.1 Å². The molecule has 0 radical (unpaired) electrons. The summed E-state index contributed by atoms with van der Waals surface area (Å²) in [6.45, 7) is 2.68. The second-order valence-electron chi connectivity index (χ2n) is 6.42. The van der Waals surface area contributed by atoms with Crippen LogP contribution in [0.1, 0.15) is 13.3 Å². The average Bonchev–Trinajstić information content (AvgIpc) is 3.09. The number of ketones is 1. The van der Waals surface area contributed by atoms with Gasteiger partial charge in [-0.2, -0.15) is 0 Å². The van der Waals surface area contributed by atoms with Crippen molar-refractivity contribution in [2.75, 3.05) is 34.5 Å². The monoisotopic (exact) mass is 404 g/mol. The number of Topliss-reactive ketones (excluding diaryl/α,β-unsaturated/α-hetero) is 1. The summed E-state index contributed by atoms with van der Waals surface area (Å²) >= 11 is 3.53. The molecule has 3 aliphatic carbocycles. The van der Waals surface area contributed by atoms with Crippen molar-refractivity contribution in [1.82, 2.24) is 0 Å². The molecule has 0 spiro atoms. The van der Waals surface area contributed by atoms with Crippen LogP contribution in [-0.2, 0) is 33.3 Å². The first kappa shape index (κ1) is 18.0. The number of carbonyl (C=O) groups excluding carboxylic acids is 2.